The van der Waals surface area contributed by atoms with Crippen molar-refractivity contribution in [2.75, 3.05) is 12.4 Å². The predicted molar refractivity (Wildman–Crippen MR) is 78.3 cm³/mol. The zero-order chi connectivity index (χ0) is 14.4. The zero-order valence-electron chi connectivity index (χ0n) is 11.2. The quantitative estimate of drug-likeness (QED) is 0.892. The van der Waals surface area contributed by atoms with E-state index in [1.165, 1.54) is 0 Å². The van der Waals surface area contributed by atoms with Crippen molar-refractivity contribution in [2.24, 2.45) is 0 Å². The number of anilines is 1. The summed E-state index contributed by atoms with van der Waals surface area (Å²) < 4.78 is 0. The maximum atomic E-state index is 11.4. The van der Waals surface area contributed by atoms with Gasteiger partial charge >= 0.3 is 0 Å². The van der Waals surface area contributed by atoms with Crippen LogP contribution < -0.4 is 10.6 Å². The van der Waals surface area contributed by atoms with Crippen LogP contribution in [0.25, 0.3) is 0 Å². The van der Waals surface area contributed by atoms with Gasteiger partial charge in [-0.25, -0.2) is 0 Å². The molecule has 0 aliphatic carbocycles. The van der Waals surface area contributed by atoms with Crippen molar-refractivity contribution in [1.29, 1.82) is 5.26 Å². The van der Waals surface area contributed by atoms with Gasteiger partial charge in [-0.15, -0.1) is 0 Å². The van der Waals surface area contributed by atoms with Crippen LogP contribution in [-0.4, -0.2) is 13.0 Å². The van der Waals surface area contributed by atoms with Crippen molar-refractivity contribution in [2.45, 2.75) is 6.54 Å². The number of benzene rings is 2. The molecule has 4 nitrogen and oxygen atoms in total. The highest BCUT2D eigenvalue weighted by Crippen LogP contribution is 2.13. The fourth-order valence-electron chi connectivity index (χ4n) is 1.86. The highest BCUT2D eigenvalue weighted by Gasteiger charge is 2.03. The minimum absolute atomic E-state index is 0.105. The molecule has 2 N–H and O–H groups in total. The maximum Gasteiger partial charge on any atom is 0.251 e. The van der Waals surface area contributed by atoms with Gasteiger partial charge in [-0.2, -0.15) is 5.26 Å². The Bertz CT molecular complexity index is 642. The van der Waals surface area contributed by atoms with Crippen molar-refractivity contribution in [1.82, 2.24) is 5.32 Å². The molecule has 20 heavy (non-hydrogen) atoms. The number of nitriles is 1. The second-order valence-electron chi connectivity index (χ2n) is 4.28. The molecule has 2 aromatic carbocycles. The van der Waals surface area contributed by atoms with Gasteiger partial charge in [0.2, 0.25) is 0 Å². The van der Waals surface area contributed by atoms with E-state index in [0.717, 1.165) is 11.3 Å². The molecule has 0 unspecified atom stereocenters. The molecular formula is C16H15N3O. The number of carbonyl (C=O) groups excluding carboxylic acids is 1. The van der Waals surface area contributed by atoms with Crippen LogP contribution in [-0.2, 0) is 6.54 Å². The molecule has 0 radical (unpaired) electrons. The molecule has 0 aliphatic rings. The van der Waals surface area contributed by atoms with E-state index < -0.39 is 0 Å². The van der Waals surface area contributed by atoms with E-state index in [1.807, 2.05) is 30.3 Å². The fourth-order valence-corrected chi connectivity index (χ4v) is 1.86. The summed E-state index contributed by atoms with van der Waals surface area (Å²) in [6.07, 6.45) is 0. The van der Waals surface area contributed by atoms with Gasteiger partial charge in [0.25, 0.3) is 5.91 Å². The molecule has 2 rings (SSSR count). The third-order valence-corrected chi connectivity index (χ3v) is 2.99. The first kappa shape index (κ1) is 13.6. The number of amides is 1. The summed E-state index contributed by atoms with van der Waals surface area (Å²) in [6, 6.07) is 16.9. The maximum absolute atomic E-state index is 11.4. The third kappa shape index (κ3) is 3.15. The highest BCUT2D eigenvalue weighted by molar-refractivity contribution is 5.94. The van der Waals surface area contributed by atoms with Gasteiger partial charge in [-0.1, -0.05) is 18.2 Å². The van der Waals surface area contributed by atoms with Gasteiger partial charge < -0.3 is 10.6 Å². The first-order valence-corrected chi connectivity index (χ1v) is 6.28. The van der Waals surface area contributed by atoms with E-state index in [1.54, 1.807) is 25.2 Å². The molecule has 100 valence electrons. The normalized spacial score (nSPS) is 9.60. The lowest BCUT2D eigenvalue weighted by Gasteiger charge is -2.08. The zero-order valence-corrected chi connectivity index (χ0v) is 11.2. The summed E-state index contributed by atoms with van der Waals surface area (Å²) >= 11 is 0. The Morgan fingerprint density at radius 1 is 1.15 bits per heavy atom. The first-order valence-electron chi connectivity index (χ1n) is 6.28. The van der Waals surface area contributed by atoms with Crippen molar-refractivity contribution in [3.63, 3.8) is 0 Å². The molecule has 4 heteroatoms. The summed E-state index contributed by atoms with van der Waals surface area (Å²) in [5.41, 5.74) is 3.15. The van der Waals surface area contributed by atoms with Gasteiger partial charge in [-0.3, -0.25) is 4.79 Å². The molecule has 0 saturated heterocycles. The number of rotatable bonds is 4. The molecule has 0 spiro atoms. The Kier molecular flexibility index (Phi) is 4.35. The van der Waals surface area contributed by atoms with Crippen molar-refractivity contribution < 1.29 is 4.79 Å². The Labute approximate surface area is 118 Å². The number of nitrogens with zero attached hydrogens (tertiary/aromatic N) is 1. The van der Waals surface area contributed by atoms with Gasteiger partial charge in [0.05, 0.1) is 11.6 Å². The van der Waals surface area contributed by atoms with Gasteiger partial charge in [0.1, 0.15) is 0 Å². The van der Waals surface area contributed by atoms with Gasteiger partial charge in [-0.05, 0) is 35.9 Å². The van der Waals surface area contributed by atoms with E-state index in [2.05, 4.69) is 16.7 Å². The van der Waals surface area contributed by atoms with E-state index in [9.17, 15) is 4.79 Å². The average molecular weight is 265 g/mol. The van der Waals surface area contributed by atoms with E-state index >= 15 is 0 Å². The predicted octanol–water partition coefficient (Wildman–Crippen LogP) is 2.53. The smallest absolute Gasteiger partial charge is 0.251 e. The summed E-state index contributed by atoms with van der Waals surface area (Å²) in [5, 5.41) is 14.8. The van der Waals surface area contributed by atoms with Crippen molar-refractivity contribution in [3.8, 4) is 6.07 Å². The van der Waals surface area contributed by atoms with Crippen LogP contribution in [0.5, 0.6) is 0 Å². The summed E-state index contributed by atoms with van der Waals surface area (Å²) in [4.78, 5) is 11.4. The van der Waals surface area contributed by atoms with Crippen LogP contribution in [0.1, 0.15) is 21.5 Å². The first-order chi connectivity index (χ1) is 9.74. The number of hydrogen-bond acceptors (Lipinski definition) is 3. The SMILES string of the molecule is CNC(=O)c1ccc(NCc2ccccc2C#N)cc1. The highest BCUT2D eigenvalue weighted by atomic mass is 16.1. The van der Waals surface area contributed by atoms with Gasteiger partial charge in [0, 0.05) is 24.8 Å². The molecule has 0 aromatic heterocycles. The largest absolute Gasteiger partial charge is 0.381 e. The Balaban J connectivity index is 2.04. The van der Waals surface area contributed by atoms with Crippen LogP contribution >= 0.6 is 0 Å². The lowest BCUT2D eigenvalue weighted by atomic mass is 10.1. The molecule has 1 amide bonds. The number of carbonyl (C=O) groups is 1. The van der Waals surface area contributed by atoms with E-state index in [-0.39, 0.29) is 5.91 Å². The molecule has 0 heterocycles. The monoisotopic (exact) mass is 265 g/mol. The third-order valence-electron chi connectivity index (χ3n) is 2.99. The lowest BCUT2D eigenvalue weighted by molar-refractivity contribution is 0.0963. The molecule has 2 aromatic rings. The average Bonchev–Trinajstić information content (AvgIpc) is 2.53. The van der Waals surface area contributed by atoms with Crippen LogP contribution in [0.3, 0.4) is 0 Å². The van der Waals surface area contributed by atoms with Crippen LogP contribution in [0.4, 0.5) is 5.69 Å². The molecular weight excluding hydrogens is 250 g/mol. The minimum atomic E-state index is -0.105. The van der Waals surface area contributed by atoms with Crippen molar-refractivity contribution in [3.05, 3.63) is 65.2 Å². The number of hydrogen-bond donors (Lipinski definition) is 2. The standard InChI is InChI=1S/C16H15N3O/c1-18-16(20)12-6-8-15(9-7-12)19-11-14-5-3-2-4-13(14)10-17/h2-9,19H,11H2,1H3,(H,18,20). The summed E-state index contributed by atoms with van der Waals surface area (Å²) in [7, 11) is 1.60. The lowest BCUT2D eigenvalue weighted by Crippen LogP contribution is -2.17. The second kappa shape index (κ2) is 6.39. The van der Waals surface area contributed by atoms with E-state index in [4.69, 9.17) is 5.26 Å². The van der Waals surface area contributed by atoms with Crippen LogP contribution in [0, 0.1) is 11.3 Å². The topological polar surface area (TPSA) is 64.9 Å². The molecule has 0 atom stereocenters. The van der Waals surface area contributed by atoms with Crippen molar-refractivity contribution >= 4 is 11.6 Å². The molecule has 0 bridgehead atoms. The van der Waals surface area contributed by atoms with Crippen LogP contribution in [0.15, 0.2) is 48.5 Å². The second-order valence-corrected chi connectivity index (χ2v) is 4.28. The Morgan fingerprint density at radius 3 is 2.50 bits per heavy atom. The molecule has 0 aliphatic heterocycles. The Morgan fingerprint density at radius 2 is 1.85 bits per heavy atom. The Hall–Kier alpha value is -2.80. The molecule has 0 fully saturated rings. The van der Waals surface area contributed by atoms with Gasteiger partial charge in [0.15, 0.2) is 0 Å². The summed E-state index contributed by atoms with van der Waals surface area (Å²) in [6.45, 7) is 0.572. The molecule has 0 saturated carbocycles. The minimum Gasteiger partial charge on any atom is -0.381 e. The number of nitrogens with one attached hydrogen (secondary N) is 2. The van der Waals surface area contributed by atoms with Crippen LogP contribution in [0.2, 0.25) is 0 Å². The summed E-state index contributed by atoms with van der Waals surface area (Å²) in [5.74, 6) is -0.105. The van der Waals surface area contributed by atoms with E-state index in [0.29, 0.717) is 17.7 Å². The fraction of sp³-hybridized carbons (Fsp3) is 0.125.